The van der Waals surface area contributed by atoms with Gasteiger partial charge in [-0.05, 0) is 43.3 Å². The Labute approximate surface area is 182 Å². The summed E-state index contributed by atoms with van der Waals surface area (Å²) in [5.41, 5.74) is -1.52. The number of rotatable bonds is 4. The maximum absolute atomic E-state index is 13.2. The zero-order valence-electron chi connectivity index (χ0n) is 17.0. The lowest BCUT2D eigenvalue weighted by molar-refractivity contribution is -0.138. The minimum atomic E-state index is -4.69. The predicted octanol–water partition coefficient (Wildman–Crippen LogP) is 2.99. The Morgan fingerprint density at radius 3 is 2.00 bits per heavy atom. The van der Waals surface area contributed by atoms with Crippen LogP contribution in [0.3, 0.4) is 0 Å². The molecule has 2 amide bonds. The third-order valence-corrected chi connectivity index (χ3v) is 7.36. The maximum Gasteiger partial charge on any atom is 0.417 e. The second kappa shape index (κ2) is 8.89. The minimum Gasteiger partial charge on any atom is -0.338 e. The van der Waals surface area contributed by atoms with Gasteiger partial charge in [-0.1, -0.05) is 12.1 Å². The Kier molecular flexibility index (Phi) is 6.59. The second-order valence-corrected chi connectivity index (χ2v) is 9.57. The number of hydrogen-bond acceptors (Lipinski definition) is 4. The van der Waals surface area contributed by atoms with Crippen LogP contribution >= 0.6 is 0 Å². The summed E-state index contributed by atoms with van der Waals surface area (Å²) in [4.78, 5) is 27.6. The topological polar surface area (TPSA) is 74.8 Å². The molecule has 1 heterocycles. The average molecular weight is 472 g/mol. The van der Waals surface area contributed by atoms with Gasteiger partial charge in [0.15, 0.2) is 9.84 Å². The average Bonchev–Trinajstić information content (AvgIpc) is 2.77. The minimum absolute atomic E-state index is 0.0258. The van der Waals surface area contributed by atoms with Crippen molar-refractivity contribution in [2.45, 2.75) is 23.2 Å². The molecule has 1 unspecified atom stereocenters. The molecule has 1 fully saturated rings. The molecular formula is C21H20F4N2O4S. The van der Waals surface area contributed by atoms with E-state index in [4.69, 9.17) is 0 Å². The van der Waals surface area contributed by atoms with Gasteiger partial charge >= 0.3 is 6.18 Å². The SMILES string of the molecule is CC(C(=O)N1CCN(C(=O)c2ccccc2C(F)(F)F)CC1)S(=O)(=O)c1ccc(F)cc1. The van der Waals surface area contributed by atoms with Crippen LogP contribution in [0.2, 0.25) is 0 Å². The van der Waals surface area contributed by atoms with E-state index in [-0.39, 0.29) is 31.1 Å². The van der Waals surface area contributed by atoms with Gasteiger partial charge < -0.3 is 9.80 Å². The first kappa shape index (κ1) is 23.7. The van der Waals surface area contributed by atoms with Gasteiger partial charge in [-0.2, -0.15) is 13.2 Å². The number of sulfone groups is 1. The largest absolute Gasteiger partial charge is 0.417 e. The first-order valence-electron chi connectivity index (χ1n) is 9.66. The monoisotopic (exact) mass is 472 g/mol. The van der Waals surface area contributed by atoms with Gasteiger partial charge in [0.25, 0.3) is 5.91 Å². The molecule has 0 spiro atoms. The van der Waals surface area contributed by atoms with Crippen LogP contribution in [0.4, 0.5) is 17.6 Å². The van der Waals surface area contributed by atoms with Crippen molar-refractivity contribution in [3.63, 3.8) is 0 Å². The summed E-state index contributed by atoms with van der Waals surface area (Å²) in [5.74, 6) is -2.12. The van der Waals surface area contributed by atoms with Crippen LogP contribution in [0.1, 0.15) is 22.8 Å². The Morgan fingerprint density at radius 1 is 0.906 bits per heavy atom. The van der Waals surface area contributed by atoms with E-state index in [1.54, 1.807) is 0 Å². The molecule has 172 valence electrons. The fraction of sp³-hybridized carbons (Fsp3) is 0.333. The number of carbonyl (C=O) groups excluding carboxylic acids is 2. The number of piperazine rings is 1. The molecule has 1 aliphatic rings. The molecule has 0 aromatic heterocycles. The van der Waals surface area contributed by atoms with E-state index in [2.05, 4.69) is 0 Å². The van der Waals surface area contributed by atoms with Gasteiger partial charge in [-0.25, -0.2) is 12.8 Å². The summed E-state index contributed by atoms with van der Waals surface area (Å²) in [5, 5.41) is -1.44. The van der Waals surface area contributed by atoms with Crippen molar-refractivity contribution < 1.29 is 35.6 Å². The summed E-state index contributed by atoms with van der Waals surface area (Å²) in [6.07, 6.45) is -4.69. The van der Waals surface area contributed by atoms with Crippen molar-refractivity contribution in [1.29, 1.82) is 0 Å². The van der Waals surface area contributed by atoms with Crippen LogP contribution < -0.4 is 0 Å². The fourth-order valence-electron chi connectivity index (χ4n) is 3.44. The Bertz CT molecular complexity index is 1110. The summed E-state index contributed by atoms with van der Waals surface area (Å²) in [6, 6.07) is 8.56. The zero-order chi connectivity index (χ0) is 23.7. The second-order valence-electron chi connectivity index (χ2n) is 7.30. The number of amides is 2. The van der Waals surface area contributed by atoms with Crippen molar-refractivity contribution in [2.75, 3.05) is 26.2 Å². The van der Waals surface area contributed by atoms with E-state index >= 15 is 0 Å². The first-order valence-corrected chi connectivity index (χ1v) is 11.2. The van der Waals surface area contributed by atoms with Crippen LogP contribution in [0.5, 0.6) is 0 Å². The van der Waals surface area contributed by atoms with Gasteiger partial charge in [0, 0.05) is 26.2 Å². The number of halogens is 4. The van der Waals surface area contributed by atoms with Crippen molar-refractivity contribution >= 4 is 21.7 Å². The smallest absolute Gasteiger partial charge is 0.338 e. The highest BCUT2D eigenvalue weighted by Gasteiger charge is 2.38. The number of hydrogen-bond donors (Lipinski definition) is 0. The van der Waals surface area contributed by atoms with Crippen LogP contribution in [0.15, 0.2) is 53.4 Å². The highest BCUT2D eigenvalue weighted by Crippen LogP contribution is 2.32. The van der Waals surface area contributed by atoms with Gasteiger partial charge in [-0.15, -0.1) is 0 Å². The summed E-state index contributed by atoms with van der Waals surface area (Å²) >= 11 is 0. The van der Waals surface area contributed by atoms with E-state index < -0.39 is 50.0 Å². The van der Waals surface area contributed by atoms with Crippen molar-refractivity contribution in [3.05, 3.63) is 65.5 Å². The number of nitrogens with zero attached hydrogens (tertiary/aromatic N) is 2. The van der Waals surface area contributed by atoms with E-state index in [1.807, 2.05) is 0 Å². The van der Waals surface area contributed by atoms with E-state index in [1.165, 1.54) is 28.9 Å². The molecule has 2 aromatic carbocycles. The molecule has 1 aliphatic heterocycles. The van der Waals surface area contributed by atoms with Crippen LogP contribution in [0.25, 0.3) is 0 Å². The Balaban J connectivity index is 1.69. The third kappa shape index (κ3) is 4.77. The van der Waals surface area contributed by atoms with Crippen LogP contribution in [0, 0.1) is 5.82 Å². The maximum atomic E-state index is 13.2. The molecule has 0 radical (unpaired) electrons. The van der Waals surface area contributed by atoms with E-state index in [0.29, 0.717) is 0 Å². The lowest BCUT2D eigenvalue weighted by atomic mass is 10.1. The van der Waals surface area contributed by atoms with Gasteiger partial charge in [-0.3, -0.25) is 9.59 Å². The van der Waals surface area contributed by atoms with E-state index in [0.717, 1.165) is 36.4 Å². The molecule has 2 aromatic rings. The predicted molar refractivity (Wildman–Crippen MR) is 107 cm³/mol. The first-order chi connectivity index (χ1) is 14.9. The summed E-state index contributed by atoms with van der Waals surface area (Å²) in [6.45, 7) is 1.09. The number of benzene rings is 2. The quantitative estimate of drug-likeness (QED) is 0.507. The highest BCUT2D eigenvalue weighted by atomic mass is 32.2. The van der Waals surface area contributed by atoms with Crippen molar-refractivity contribution in [2.24, 2.45) is 0 Å². The van der Waals surface area contributed by atoms with Crippen molar-refractivity contribution in [3.8, 4) is 0 Å². The molecule has 0 aliphatic carbocycles. The zero-order valence-corrected chi connectivity index (χ0v) is 17.8. The van der Waals surface area contributed by atoms with E-state index in [9.17, 15) is 35.6 Å². The van der Waals surface area contributed by atoms with Gasteiger partial charge in [0.05, 0.1) is 16.0 Å². The molecule has 32 heavy (non-hydrogen) atoms. The summed E-state index contributed by atoms with van der Waals surface area (Å²) < 4.78 is 78.0. The fourth-order valence-corrected chi connectivity index (χ4v) is 4.77. The molecule has 0 bridgehead atoms. The molecular weight excluding hydrogens is 452 g/mol. The lowest BCUT2D eigenvalue weighted by Crippen LogP contribution is -2.53. The molecule has 11 heteroatoms. The molecule has 1 atom stereocenters. The molecule has 6 nitrogen and oxygen atoms in total. The third-order valence-electron chi connectivity index (χ3n) is 5.30. The highest BCUT2D eigenvalue weighted by molar-refractivity contribution is 7.92. The standard InChI is InChI=1S/C21H20F4N2O4S/c1-14(32(30,31)16-8-6-15(22)7-9-16)19(28)26-10-12-27(13-11-26)20(29)17-4-2-3-5-18(17)21(23,24)25/h2-9,14H,10-13H2,1H3. The number of carbonyl (C=O) groups is 2. The van der Waals surface area contributed by atoms with Crippen LogP contribution in [-0.4, -0.2) is 61.5 Å². The molecule has 3 rings (SSSR count). The lowest BCUT2D eigenvalue weighted by Gasteiger charge is -2.36. The Hall–Kier alpha value is -2.95. The number of alkyl halides is 3. The van der Waals surface area contributed by atoms with Gasteiger partial charge in [0.2, 0.25) is 5.91 Å². The Morgan fingerprint density at radius 2 is 1.44 bits per heavy atom. The molecule has 1 saturated heterocycles. The van der Waals surface area contributed by atoms with Gasteiger partial charge in [0.1, 0.15) is 11.1 Å². The normalized spacial score (nSPS) is 16.0. The molecule has 0 N–H and O–H groups in total. The van der Waals surface area contributed by atoms with Crippen LogP contribution in [-0.2, 0) is 20.8 Å². The van der Waals surface area contributed by atoms with Crippen molar-refractivity contribution in [1.82, 2.24) is 9.80 Å². The summed E-state index contributed by atoms with van der Waals surface area (Å²) in [7, 11) is -4.06. The molecule has 0 saturated carbocycles.